The number of anilines is 1. The number of aromatic amines is 1. The van der Waals surface area contributed by atoms with Gasteiger partial charge in [-0.25, -0.2) is 9.97 Å². The van der Waals surface area contributed by atoms with E-state index in [0.29, 0.717) is 12.0 Å². The van der Waals surface area contributed by atoms with Gasteiger partial charge in [0.05, 0.1) is 5.39 Å². The molecule has 0 spiro atoms. The average Bonchev–Trinajstić information content (AvgIpc) is 3.13. The van der Waals surface area contributed by atoms with E-state index in [0.717, 1.165) is 29.2 Å². The van der Waals surface area contributed by atoms with Gasteiger partial charge in [0.2, 0.25) is 0 Å². The fraction of sp³-hybridized carbons (Fsp3) is 0.467. The Hall–Kier alpha value is -1.84. The zero-order valence-corrected chi connectivity index (χ0v) is 11.1. The van der Waals surface area contributed by atoms with Crippen LogP contribution in [0.5, 0.6) is 0 Å². The van der Waals surface area contributed by atoms with Crippen molar-refractivity contribution in [3.8, 4) is 0 Å². The van der Waals surface area contributed by atoms with Crippen molar-refractivity contribution in [2.24, 2.45) is 11.8 Å². The standard InChI is InChI=1S/C15H18N4/c1-2-10-7-16-14-13(10)15(18-8-17-14)19-12-6-9-3-4-11(12)5-9/h3-4,7-9,11-12H,2,5-6H2,1H3,(H2,16,17,18,19). The van der Waals surface area contributed by atoms with Crippen molar-refractivity contribution in [1.82, 2.24) is 15.0 Å². The van der Waals surface area contributed by atoms with E-state index in [4.69, 9.17) is 0 Å². The minimum atomic E-state index is 0.535. The van der Waals surface area contributed by atoms with Crippen LogP contribution in [0.1, 0.15) is 25.3 Å². The molecule has 2 aliphatic carbocycles. The fourth-order valence-electron chi connectivity index (χ4n) is 3.54. The molecule has 0 amide bonds. The highest BCUT2D eigenvalue weighted by atomic mass is 15.1. The summed E-state index contributed by atoms with van der Waals surface area (Å²) in [4.78, 5) is 12.0. The summed E-state index contributed by atoms with van der Waals surface area (Å²) in [5, 5.41) is 4.82. The molecule has 19 heavy (non-hydrogen) atoms. The van der Waals surface area contributed by atoms with Crippen LogP contribution in [-0.2, 0) is 6.42 Å². The number of aromatic nitrogens is 3. The Labute approximate surface area is 112 Å². The second-order valence-corrected chi connectivity index (χ2v) is 5.64. The third-order valence-corrected chi connectivity index (χ3v) is 4.53. The van der Waals surface area contributed by atoms with E-state index >= 15 is 0 Å². The van der Waals surface area contributed by atoms with E-state index in [1.54, 1.807) is 6.33 Å². The number of hydrogen-bond donors (Lipinski definition) is 2. The molecule has 0 aliphatic heterocycles. The Morgan fingerprint density at radius 1 is 1.32 bits per heavy atom. The van der Waals surface area contributed by atoms with Gasteiger partial charge >= 0.3 is 0 Å². The SMILES string of the molecule is CCc1c[nH]c2ncnc(NC3CC4C=CC3C4)c12. The van der Waals surface area contributed by atoms with E-state index in [-0.39, 0.29) is 0 Å². The predicted octanol–water partition coefficient (Wildman–Crippen LogP) is 2.90. The first-order valence-corrected chi connectivity index (χ1v) is 7.11. The largest absolute Gasteiger partial charge is 0.366 e. The Balaban J connectivity index is 1.71. The van der Waals surface area contributed by atoms with Gasteiger partial charge in [-0.05, 0) is 36.7 Å². The number of H-pyrrole nitrogens is 1. The molecule has 0 radical (unpaired) electrons. The highest BCUT2D eigenvalue weighted by Gasteiger charge is 2.36. The molecule has 2 aromatic rings. The first kappa shape index (κ1) is 11.0. The van der Waals surface area contributed by atoms with Crippen LogP contribution >= 0.6 is 0 Å². The summed E-state index contributed by atoms with van der Waals surface area (Å²) in [6.45, 7) is 2.17. The number of hydrogen-bond acceptors (Lipinski definition) is 3. The monoisotopic (exact) mass is 254 g/mol. The molecule has 0 aromatic carbocycles. The van der Waals surface area contributed by atoms with E-state index in [9.17, 15) is 0 Å². The minimum absolute atomic E-state index is 0.535. The highest BCUT2D eigenvalue weighted by Crippen LogP contribution is 2.40. The molecular formula is C15H18N4. The Morgan fingerprint density at radius 3 is 3.00 bits per heavy atom. The lowest BCUT2D eigenvalue weighted by Crippen LogP contribution is -2.24. The van der Waals surface area contributed by atoms with E-state index in [1.165, 1.54) is 18.4 Å². The Kier molecular flexibility index (Phi) is 2.37. The van der Waals surface area contributed by atoms with Gasteiger partial charge in [0.15, 0.2) is 0 Å². The van der Waals surface area contributed by atoms with Crippen molar-refractivity contribution >= 4 is 16.9 Å². The number of fused-ring (bicyclic) bond motifs is 3. The number of rotatable bonds is 3. The highest BCUT2D eigenvalue weighted by molar-refractivity contribution is 5.90. The molecule has 4 heteroatoms. The summed E-state index contributed by atoms with van der Waals surface area (Å²) in [6, 6.07) is 0.535. The summed E-state index contributed by atoms with van der Waals surface area (Å²) < 4.78 is 0. The molecule has 2 heterocycles. The van der Waals surface area contributed by atoms with Crippen LogP contribution in [0.2, 0.25) is 0 Å². The van der Waals surface area contributed by atoms with Gasteiger partial charge in [-0.15, -0.1) is 0 Å². The van der Waals surface area contributed by atoms with Crippen LogP contribution in [-0.4, -0.2) is 21.0 Å². The normalized spacial score (nSPS) is 28.4. The van der Waals surface area contributed by atoms with E-state index < -0.39 is 0 Å². The zero-order valence-electron chi connectivity index (χ0n) is 11.1. The van der Waals surface area contributed by atoms with Crippen molar-refractivity contribution in [3.63, 3.8) is 0 Å². The molecule has 3 atom stereocenters. The van der Waals surface area contributed by atoms with Gasteiger partial charge in [-0.2, -0.15) is 0 Å². The molecule has 2 N–H and O–H groups in total. The van der Waals surface area contributed by atoms with Crippen LogP contribution in [0.15, 0.2) is 24.7 Å². The van der Waals surface area contributed by atoms with Crippen LogP contribution in [0.25, 0.3) is 11.0 Å². The van der Waals surface area contributed by atoms with Crippen LogP contribution in [0, 0.1) is 11.8 Å². The minimum Gasteiger partial charge on any atom is -0.366 e. The quantitative estimate of drug-likeness (QED) is 0.828. The van der Waals surface area contributed by atoms with Crippen LogP contribution < -0.4 is 5.32 Å². The Bertz CT molecular complexity index is 643. The van der Waals surface area contributed by atoms with Crippen molar-refractivity contribution in [1.29, 1.82) is 0 Å². The molecule has 4 nitrogen and oxygen atoms in total. The lowest BCUT2D eigenvalue weighted by atomic mass is 10.0. The summed E-state index contributed by atoms with van der Waals surface area (Å²) >= 11 is 0. The molecule has 2 bridgehead atoms. The molecule has 1 fully saturated rings. The smallest absolute Gasteiger partial charge is 0.143 e. The topological polar surface area (TPSA) is 53.6 Å². The van der Waals surface area contributed by atoms with Gasteiger partial charge in [0.1, 0.15) is 17.8 Å². The molecule has 2 aliphatic rings. The van der Waals surface area contributed by atoms with E-state index in [2.05, 4.69) is 39.3 Å². The summed E-state index contributed by atoms with van der Waals surface area (Å²) in [5.41, 5.74) is 2.23. The summed E-state index contributed by atoms with van der Waals surface area (Å²) in [7, 11) is 0. The van der Waals surface area contributed by atoms with Gasteiger partial charge in [-0.3, -0.25) is 0 Å². The third-order valence-electron chi connectivity index (χ3n) is 4.53. The summed E-state index contributed by atoms with van der Waals surface area (Å²) in [5.74, 6) is 2.45. The molecular weight excluding hydrogens is 236 g/mol. The van der Waals surface area contributed by atoms with Gasteiger partial charge in [0, 0.05) is 12.2 Å². The predicted molar refractivity (Wildman–Crippen MR) is 76.0 cm³/mol. The maximum absolute atomic E-state index is 4.47. The molecule has 98 valence electrons. The maximum Gasteiger partial charge on any atom is 0.143 e. The maximum atomic E-state index is 4.47. The summed E-state index contributed by atoms with van der Waals surface area (Å²) in [6.07, 6.45) is 12.0. The first-order chi connectivity index (χ1) is 9.35. The molecule has 4 rings (SSSR count). The van der Waals surface area contributed by atoms with Crippen molar-refractivity contribution in [2.75, 3.05) is 5.32 Å². The second kappa shape index (κ2) is 4.08. The van der Waals surface area contributed by atoms with Crippen molar-refractivity contribution in [3.05, 3.63) is 30.2 Å². The molecule has 2 aromatic heterocycles. The van der Waals surface area contributed by atoms with Crippen molar-refractivity contribution < 1.29 is 0 Å². The molecule has 1 saturated carbocycles. The Morgan fingerprint density at radius 2 is 2.26 bits per heavy atom. The molecule has 3 unspecified atom stereocenters. The van der Waals surface area contributed by atoms with Gasteiger partial charge < -0.3 is 10.3 Å². The molecule has 0 saturated heterocycles. The first-order valence-electron chi connectivity index (χ1n) is 7.11. The number of aryl methyl sites for hydroxylation is 1. The van der Waals surface area contributed by atoms with Crippen molar-refractivity contribution in [2.45, 2.75) is 32.2 Å². The number of allylic oxidation sites excluding steroid dienone is 1. The lowest BCUT2D eigenvalue weighted by Gasteiger charge is -2.20. The van der Waals surface area contributed by atoms with E-state index in [1.807, 2.05) is 6.20 Å². The van der Waals surface area contributed by atoms with Crippen LogP contribution in [0.3, 0.4) is 0 Å². The average molecular weight is 254 g/mol. The zero-order chi connectivity index (χ0) is 12.8. The number of nitrogens with one attached hydrogen (secondary N) is 2. The van der Waals surface area contributed by atoms with Gasteiger partial charge in [0.25, 0.3) is 0 Å². The fourth-order valence-corrected chi connectivity index (χ4v) is 3.54. The third kappa shape index (κ3) is 1.66. The van der Waals surface area contributed by atoms with Gasteiger partial charge in [-0.1, -0.05) is 19.1 Å². The number of nitrogens with zero attached hydrogens (tertiary/aromatic N) is 2. The lowest BCUT2D eigenvalue weighted by molar-refractivity contribution is 0.613. The van der Waals surface area contributed by atoms with Crippen LogP contribution in [0.4, 0.5) is 5.82 Å². The second-order valence-electron chi connectivity index (χ2n) is 5.64.